The summed E-state index contributed by atoms with van der Waals surface area (Å²) in [6.07, 6.45) is 6.65. The smallest absolute Gasteiger partial charge is 0.320 e. The summed E-state index contributed by atoms with van der Waals surface area (Å²) in [5.74, 6) is -1.90. The van der Waals surface area contributed by atoms with E-state index in [-0.39, 0.29) is 43.1 Å². The largest absolute Gasteiger partial charge is 0.392 e. The number of carbonyl (C=O) groups excluding carboxylic acids is 4. The molecule has 0 aromatic heterocycles. The molecule has 148 valence electrons. The summed E-state index contributed by atoms with van der Waals surface area (Å²) in [4.78, 5) is 45.3. The fourth-order valence-electron chi connectivity index (χ4n) is 4.21. The van der Waals surface area contributed by atoms with E-state index < -0.39 is 10.8 Å². The molecule has 2 fully saturated rings. The third kappa shape index (κ3) is 3.37. The summed E-state index contributed by atoms with van der Waals surface area (Å²) >= 11 is 0. The average Bonchev–Trinajstić information content (AvgIpc) is 2.91. The molecule has 2 heterocycles. The number of hydrogen-bond donors (Lipinski definition) is 0. The van der Waals surface area contributed by atoms with Gasteiger partial charge in [0.25, 0.3) is 0 Å². The van der Waals surface area contributed by atoms with Gasteiger partial charge in [-0.25, -0.2) is 0 Å². The Kier molecular flexibility index (Phi) is 5.51. The molecule has 4 atom stereocenters. The van der Waals surface area contributed by atoms with Crippen LogP contribution in [0.15, 0.2) is 23.3 Å². The van der Waals surface area contributed by atoms with Crippen LogP contribution in [-0.2, 0) is 28.7 Å². The molecule has 27 heavy (non-hydrogen) atoms. The molecule has 2 aliphatic carbocycles. The van der Waals surface area contributed by atoms with Crippen molar-refractivity contribution in [3.05, 3.63) is 23.3 Å². The van der Waals surface area contributed by atoms with Crippen molar-refractivity contribution in [1.29, 1.82) is 0 Å². The zero-order valence-corrected chi connectivity index (χ0v) is 15.6. The molecule has 0 N–H and O–H groups in total. The van der Waals surface area contributed by atoms with Crippen LogP contribution in [0.25, 0.3) is 0 Å². The molecule has 4 unspecified atom stereocenters. The van der Waals surface area contributed by atoms with Gasteiger partial charge in [0.2, 0.25) is 0 Å². The average molecular weight is 376 g/mol. The SMILES string of the molecule is C.CC1=CCC2(C)C(=O)OC(=O)C2C1.CC1=CCC2C(=O)OC(=O)C2(C)C1. The predicted octanol–water partition coefficient (Wildman–Crippen LogP) is 3.50. The molecule has 4 aliphatic rings. The van der Waals surface area contributed by atoms with Crippen molar-refractivity contribution in [1.82, 2.24) is 0 Å². The number of rotatable bonds is 0. The quantitative estimate of drug-likeness (QED) is 0.365. The molecule has 2 saturated heterocycles. The van der Waals surface area contributed by atoms with Crippen molar-refractivity contribution in [2.75, 3.05) is 0 Å². The topological polar surface area (TPSA) is 86.7 Å². The number of hydrogen-bond acceptors (Lipinski definition) is 6. The van der Waals surface area contributed by atoms with Crippen molar-refractivity contribution in [2.24, 2.45) is 22.7 Å². The lowest BCUT2D eigenvalue weighted by atomic mass is 9.69. The molecule has 0 amide bonds. The lowest BCUT2D eigenvalue weighted by molar-refractivity contribution is -0.156. The second-order valence-electron chi connectivity index (χ2n) is 8.28. The minimum Gasteiger partial charge on any atom is -0.392 e. The second kappa shape index (κ2) is 7.06. The number of esters is 4. The normalized spacial score (nSPS) is 36.9. The van der Waals surface area contributed by atoms with Gasteiger partial charge in [-0.15, -0.1) is 0 Å². The zero-order valence-electron chi connectivity index (χ0n) is 15.6. The monoisotopic (exact) mass is 376 g/mol. The maximum atomic E-state index is 11.4. The summed E-state index contributed by atoms with van der Waals surface area (Å²) < 4.78 is 9.30. The van der Waals surface area contributed by atoms with E-state index in [9.17, 15) is 19.2 Å². The molecule has 4 rings (SSSR count). The maximum absolute atomic E-state index is 11.4. The molecule has 2 aliphatic heterocycles. The van der Waals surface area contributed by atoms with Crippen molar-refractivity contribution in [2.45, 2.75) is 60.8 Å². The molecule has 0 radical (unpaired) electrons. The van der Waals surface area contributed by atoms with Crippen LogP contribution in [0.3, 0.4) is 0 Å². The van der Waals surface area contributed by atoms with Crippen LogP contribution < -0.4 is 0 Å². The standard InChI is InChI=1S/2C10H12O3.CH4/c1-6-3-4-10(2)7(5-6)8(11)13-9(10)12;1-6-3-4-7-8(11)13-9(12)10(7,2)5-6;/h2*3,7H,4-5H2,1-2H3;1H4. The van der Waals surface area contributed by atoms with Gasteiger partial charge in [-0.05, 0) is 53.4 Å². The molecule has 0 bridgehead atoms. The number of cyclic esters (lactones) is 4. The van der Waals surface area contributed by atoms with Crippen molar-refractivity contribution >= 4 is 23.9 Å². The third-order valence-corrected chi connectivity index (χ3v) is 6.18. The molecule has 0 aromatic rings. The Morgan fingerprint density at radius 3 is 2.04 bits per heavy atom. The van der Waals surface area contributed by atoms with Gasteiger partial charge in [-0.1, -0.05) is 30.7 Å². The highest BCUT2D eigenvalue weighted by Gasteiger charge is 2.55. The van der Waals surface area contributed by atoms with Gasteiger partial charge < -0.3 is 9.47 Å². The highest BCUT2D eigenvalue weighted by atomic mass is 16.6. The molecular weight excluding hydrogens is 348 g/mol. The zero-order chi connectivity index (χ0) is 19.3. The lowest BCUT2D eigenvalue weighted by Gasteiger charge is -2.28. The number of fused-ring (bicyclic) bond motifs is 2. The Hall–Kier alpha value is -2.24. The minimum absolute atomic E-state index is 0. The number of allylic oxidation sites excluding steroid dienone is 4. The van der Waals surface area contributed by atoms with E-state index in [0.29, 0.717) is 25.7 Å². The van der Waals surface area contributed by atoms with Gasteiger partial charge in [0.1, 0.15) is 0 Å². The van der Waals surface area contributed by atoms with Gasteiger partial charge in [0.05, 0.1) is 22.7 Å². The fraction of sp³-hybridized carbons (Fsp3) is 0.619. The molecule has 6 heteroatoms. The Morgan fingerprint density at radius 1 is 0.852 bits per heavy atom. The third-order valence-electron chi connectivity index (χ3n) is 6.18. The molecule has 6 nitrogen and oxygen atoms in total. The van der Waals surface area contributed by atoms with Gasteiger partial charge in [0, 0.05) is 0 Å². The van der Waals surface area contributed by atoms with Crippen LogP contribution in [-0.4, -0.2) is 23.9 Å². The first-order chi connectivity index (χ1) is 12.1. The van der Waals surface area contributed by atoms with E-state index in [1.54, 1.807) is 0 Å². The Morgan fingerprint density at radius 2 is 1.41 bits per heavy atom. The van der Waals surface area contributed by atoms with Crippen LogP contribution in [0, 0.1) is 22.7 Å². The van der Waals surface area contributed by atoms with Gasteiger partial charge in [0.15, 0.2) is 0 Å². The summed E-state index contributed by atoms with van der Waals surface area (Å²) in [5.41, 5.74) is 1.17. The van der Waals surface area contributed by atoms with E-state index in [1.165, 1.54) is 11.1 Å². The molecule has 0 saturated carbocycles. The van der Waals surface area contributed by atoms with Crippen molar-refractivity contribution in [3.8, 4) is 0 Å². The first kappa shape index (κ1) is 21.1. The van der Waals surface area contributed by atoms with Crippen LogP contribution >= 0.6 is 0 Å². The van der Waals surface area contributed by atoms with Crippen molar-refractivity contribution in [3.63, 3.8) is 0 Å². The Labute approximate surface area is 160 Å². The second-order valence-corrected chi connectivity index (χ2v) is 8.28. The first-order valence-corrected chi connectivity index (χ1v) is 8.91. The minimum atomic E-state index is -0.587. The van der Waals surface area contributed by atoms with Gasteiger partial charge in [-0.3, -0.25) is 19.2 Å². The predicted molar refractivity (Wildman–Crippen MR) is 98.1 cm³/mol. The number of carbonyl (C=O) groups is 4. The molecule has 0 aromatic carbocycles. The van der Waals surface area contributed by atoms with E-state index in [2.05, 4.69) is 9.47 Å². The highest BCUT2D eigenvalue weighted by Crippen LogP contribution is 2.47. The van der Waals surface area contributed by atoms with E-state index >= 15 is 0 Å². The lowest BCUT2D eigenvalue weighted by Crippen LogP contribution is -2.33. The van der Waals surface area contributed by atoms with Crippen LogP contribution in [0.5, 0.6) is 0 Å². The summed E-state index contributed by atoms with van der Waals surface area (Å²) in [7, 11) is 0. The van der Waals surface area contributed by atoms with Crippen LogP contribution in [0.1, 0.15) is 60.8 Å². The van der Waals surface area contributed by atoms with Crippen LogP contribution in [0.2, 0.25) is 0 Å². The van der Waals surface area contributed by atoms with E-state index in [1.807, 2.05) is 39.8 Å². The van der Waals surface area contributed by atoms with E-state index in [4.69, 9.17) is 0 Å². The number of ether oxygens (including phenoxy) is 2. The van der Waals surface area contributed by atoms with E-state index in [0.717, 1.165) is 0 Å². The summed E-state index contributed by atoms with van der Waals surface area (Å²) in [6.45, 7) is 7.60. The Balaban J connectivity index is 0.000000187. The summed E-state index contributed by atoms with van der Waals surface area (Å²) in [5, 5.41) is 0. The molecular formula is C21H28O6. The maximum Gasteiger partial charge on any atom is 0.320 e. The highest BCUT2D eigenvalue weighted by molar-refractivity contribution is 6.00. The molecule has 0 spiro atoms. The van der Waals surface area contributed by atoms with Crippen LogP contribution in [0.4, 0.5) is 0 Å². The fourth-order valence-corrected chi connectivity index (χ4v) is 4.21. The first-order valence-electron chi connectivity index (χ1n) is 8.91. The van der Waals surface area contributed by atoms with Crippen molar-refractivity contribution < 1.29 is 28.7 Å². The van der Waals surface area contributed by atoms with Gasteiger partial charge in [-0.2, -0.15) is 0 Å². The summed E-state index contributed by atoms with van der Waals surface area (Å²) in [6, 6.07) is 0. The Bertz CT molecular complexity index is 761. The van der Waals surface area contributed by atoms with Gasteiger partial charge >= 0.3 is 23.9 Å².